The minimum Gasteiger partial charge on any atom is -0.378 e. The number of terminal acetylenes is 1. The molecule has 0 spiro atoms. The minimum absolute atomic E-state index is 0.0130. The summed E-state index contributed by atoms with van der Waals surface area (Å²) in [7, 11) is 0. The van der Waals surface area contributed by atoms with Gasteiger partial charge in [0.2, 0.25) is 5.91 Å². The topological polar surface area (TPSA) is 71.8 Å². The third-order valence-corrected chi connectivity index (χ3v) is 6.35. The molecule has 0 saturated carbocycles. The number of amides is 3. The lowest BCUT2D eigenvalue weighted by Crippen LogP contribution is -2.42. The molecule has 9 heteroatoms. The SMILES string of the molecule is C#CCN1C(=O)S/C(=C\c2cn(CC(=O)N3CCOCC3)c3ccc(Br)cc23)C1=O. The second-order valence-electron chi connectivity index (χ2n) is 6.84. The highest BCUT2D eigenvalue weighted by Gasteiger charge is 2.34. The first-order valence-corrected chi connectivity index (χ1v) is 10.9. The van der Waals surface area contributed by atoms with Crippen LogP contribution < -0.4 is 0 Å². The lowest BCUT2D eigenvalue weighted by atomic mass is 10.1. The van der Waals surface area contributed by atoms with Gasteiger partial charge in [0.25, 0.3) is 11.1 Å². The number of rotatable bonds is 4. The number of hydrogen-bond acceptors (Lipinski definition) is 5. The number of hydrogen-bond donors (Lipinski definition) is 0. The summed E-state index contributed by atoms with van der Waals surface area (Å²) >= 11 is 4.35. The number of ether oxygens (including phenoxy) is 1. The van der Waals surface area contributed by atoms with Crippen LogP contribution in [0.4, 0.5) is 4.79 Å². The van der Waals surface area contributed by atoms with Gasteiger partial charge in [-0.25, -0.2) is 0 Å². The number of halogens is 1. The van der Waals surface area contributed by atoms with Gasteiger partial charge in [0.1, 0.15) is 6.54 Å². The Balaban J connectivity index is 1.68. The molecule has 0 radical (unpaired) electrons. The molecule has 2 aliphatic heterocycles. The van der Waals surface area contributed by atoms with Gasteiger partial charge >= 0.3 is 0 Å². The molecule has 1 aromatic heterocycles. The molecule has 0 atom stereocenters. The van der Waals surface area contributed by atoms with E-state index in [1.54, 1.807) is 11.0 Å². The summed E-state index contributed by atoms with van der Waals surface area (Å²) in [4.78, 5) is 40.5. The maximum Gasteiger partial charge on any atom is 0.294 e. The number of thioether (sulfide) groups is 1. The monoisotopic (exact) mass is 487 g/mol. The summed E-state index contributed by atoms with van der Waals surface area (Å²) in [6.07, 6.45) is 8.78. The first kappa shape index (κ1) is 20.7. The molecule has 2 aliphatic rings. The van der Waals surface area contributed by atoms with Crippen molar-refractivity contribution in [3.05, 3.63) is 39.3 Å². The molecule has 4 rings (SSSR count). The predicted octanol–water partition coefficient (Wildman–Crippen LogP) is 2.93. The highest BCUT2D eigenvalue weighted by atomic mass is 79.9. The third-order valence-electron chi connectivity index (χ3n) is 4.95. The molecular weight excluding hydrogens is 470 g/mol. The van der Waals surface area contributed by atoms with Gasteiger partial charge in [0, 0.05) is 40.2 Å². The zero-order chi connectivity index (χ0) is 21.3. The molecule has 0 bridgehead atoms. The average molecular weight is 488 g/mol. The van der Waals surface area contributed by atoms with E-state index in [2.05, 4.69) is 21.9 Å². The van der Waals surface area contributed by atoms with Gasteiger partial charge in [-0.1, -0.05) is 21.9 Å². The van der Waals surface area contributed by atoms with E-state index in [1.807, 2.05) is 29.0 Å². The number of fused-ring (bicyclic) bond motifs is 1. The maximum absolute atomic E-state index is 12.7. The molecule has 3 heterocycles. The van der Waals surface area contributed by atoms with E-state index in [9.17, 15) is 14.4 Å². The Labute approximate surface area is 186 Å². The number of morpholine rings is 1. The standard InChI is InChI=1S/C21H18BrN3O4S/c1-2-5-25-20(27)18(30-21(25)28)10-14-12-24(17-4-3-15(22)11-16(14)17)13-19(26)23-6-8-29-9-7-23/h1,3-4,10-12H,5-9,13H2/b18-10-. The molecule has 2 aromatic rings. The van der Waals surface area contributed by atoms with Crippen molar-refractivity contribution in [3.63, 3.8) is 0 Å². The molecule has 0 aliphatic carbocycles. The van der Waals surface area contributed by atoms with E-state index in [-0.39, 0.29) is 24.2 Å². The summed E-state index contributed by atoms with van der Waals surface area (Å²) in [5.41, 5.74) is 1.63. The van der Waals surface area contributed by atoms with E-state index in [0.29, 0.717) is 31.2 Å². The van der Waals surface area contributed by atoms with Crippen molar-refractivity contribution in [2.75, 3.05) is 32.8 Å². The summed E-state index contributed by atoms with van der Waals surface area (Å²) in [6.45, 7) is 2.39. The highest BCUT2D eigenvalue weighted by Crippen LogP contribution is 2.34. The van der Waals surface area contributed by atoms with Crippen LogP contribution in [-0.2, 0) is 20.9 Å². The van der Waals surface area contributed by atoms with E-state index in [0.717, 1.165) is 37.6 Å². The number of imide groups is 1. The van der Waals surface area contributed by atoms with Crippen LogP contribution in [-0.4, -0.2) is 64.3 Å². The lowest BCUT2D eigenvalue weighted by Gasteiger charge is -2.27. The smallest absolute Gasteiger partial charge is 0.294 e. The average Bonchev–Trinajstić information content (AvgIpc) is 3.20. The summed E-state index contributed by atoms with van der Waals surface area (Å²) in [5.74, 6) is 1.94. The fraction of sp³-hybridized carbons (Fsp3) is 0.286. The fourth-order valence-corrected chi connectivity index (χ4v) is 4.66. The van der Waals surface area contributed by atoms with E-state index < -0.39 is 5.91 Å². The van der Waals surface area contributed by atoms with Crippen LogP contribution in [0.25, 0.3) is 17.0 Å². The van der Waals surface area contributed by atoms with Gasteiger partial charge in [0.05, 0.1) is 24.7 Å². The van der Waals surface area contributed by atoms with Crippen LogP contribution >= 0.6 is 27.7 Å². The van der Waals surface area contributed by atoms with Crippen molar-refractivity contribution in [3.8, 4) is 12.3 Å². The van der Waals surface area contributed by atoms with Crippen molar-refractivity contribution >= 4 is 61.7 Å². The highest BCUT2D eigenvalue weighted by molar-refractivity contribution is 9.10. The molecule has 154 valence electrons. The molecule has 3 amide bonds. The van der Waals surface area contributed by atoms with Crippen molar-refractivity contribution in [2.24, 2.45) is 0 Å². The number of benzene rings is 1. The molecule has 0 unspecified atom stereocenters. The van der Waals surface area contributed by atoms with Gasteiger partial charge < -0.3 is 14.2 Å². The zero-order valence-corrected chi connectivity index (χ0v) is 18.4. The second kappa shape index (κ2) is 8.68. The first-order valence-electron chi connectivity index (χ1n) is 9.30. The maximum atomic E-state index is 12.7. The Morgan fingerprint density at radius 2 is 2.07 bits per heavy atom. The Bertz CT molecular complexity index is 1110. The second-order valence-corrected chi connectivity index (χ2v) is 8.75. The number of nitrogens with zero attached hydrogens (tertiary/aromatic N) is 3. The minimum atomic E-state index is -0.400. The van der Waals surface area contributed by atoms with E-state index in [4.69, 9.17) is 11.2 Å². The Hall–Kier alpha value is -2.54. The quantitative estimate of drug-likeness (QED) is 0.489. The van der Waals surface area contributed by atoms with Crippen LogP contribution in [0.3, 0.4) is 0 Å². The Morgan fingerprint density at radius 3 is 2.80 bits per heavy atom. The van der Waals surface area contributed by atoms with Crippen LogP contribution in [0.2, 0.25) is 0 Å². The zero-order valence-electron chi connectivity index (χ0n) is 16.0. The molecule has 2 fully saturated rings. The van der Waals surface area contributed by atoms with Crippen molar-refractivity contribution in [2.45, 2.75) is 6.54 Å². The van der Waals surface area contributed by atoms with Crippen LogP contribution in [0.15, 0.2) is 33.8 Å². The van der Waals surface area contributed by atoms with Gasteiger partial charge in [-0.2, -0.15) is 0 Å². The number of carbonyl (C=O) groups excluding carboxylic acids is 3. The van der Waals surface area contributed by atoms with Crippen LogP contribution in [0.1, 0.15) is 5.56 Å². The molecular formula is C21H18BrN3O4S. The third kappa shape index (κ3) is 4.03. The van der Waals surface area contributed by atoms with Crippen molar-refractivity contribution in [1.82, 2.24) is 14.4 Å². The van der Waals surface area contributed by atoms with Gasteiger partial charge in [-0.3, -0.25) is 19.3 Å². The molecule has 0 N–H and O–H groups in total. The number of carbonyl (C=O) groups is 3. The molecule has 7 nitrogen and oxygen atoms in total. The molecule has 2 saturated heterocycles. The molecule has 30 heavy (non-hydrogen) atoms. The van der Waals surface area contributed by atoms with Crippen molar-refractivity contribution in [1.29, 1.82) is 0 Å². The van der Waals surface area contributed by atoms with Crippen LogP contribution in [0.5, 0.6) is 0 Å². The predicted molar refractivity (Wildman–Crippen MR) is 119 cm³/mol. The molecule has 1 aromatic carbocycles. The first-order chi connectivity index (χ1) is 14.5. The van der Waals surface area contributed by atoms with Crippen molar-refractivity contribution < 1.29 is 19.1 Å². The summed E-state index contributed by atoms with van der Waals surface area (Å²) in [6, 6.07) is 5.76. The fourth-order valence-electron chi connectivity index (χ4n) is 3.47. The Morgan fingerprint density at radius 1 is 1.30 bits per heavy atom. The van der Waals surface area contributed by atoms with Gasteiger partial charge in [-0.15, -0.1) is 6.42 Å². The van der Waals surface area contributed by atoms with E-state index >= 15 is 0 Å². The summed E-state index contributed by atoms with van der Waals surface area (Å²) < 4.78 is 8.06. The summed E-state index contributed by atoms with van der Waals surface area (Å²) in [5, 5.41) is 0.500. The largest absolute Gasteiger partial charge is 0.378 e. The number of aromatic nitrogens is 1. The van der Waals surface area contributed by atoms with Crippen LogP contribution in [0, 0.1) is 12.3 Å². The normalized spacial score (nSPS) is 18.5. The lowest BCUT2D eigenvalue weighted by molar-refractivity contribution is -0.135. The van der Waals surface area contributed by atoms with Gasteiger partial charge in [0.15, 0.2) is 0 Å². The van der Waals surface area contributed by atoms with Gasteiger partial charge in [-0.05, 0) is 36.0 Å². The Kier molecular flexibility index (Phi) is 5.99. The van der Waals surface area contributed by atoms with E-state index in [1.165, 1.54) is 0 Å².